The molecule has 1 unspecified atom stereocenters. The van der Waals surface area contributed by atoms with Gasteiger partial charge in [-0.1, -0.05) is 6.92 Å². The molecule has 20 heavy (non-hydrogen) atoms. The summed E-state index contributed by atoms with van der Waals surface area (Å²) in [7, 11) is 0. The zero-order chi connectivity index (χ0) is 14.4. The number of carbonyl (C=O) groups excluding carboxylic acids is 1. The molecule has 0 saturated carbocycles. The van der Waals surface area contributed by atoms with Crippen molar-refractivity contribution in [1.82, 2.24) is 5.32 Å². The lowest BCUT2D eigenvalue weighted by Gasteiger charge is -2.20. The number of rotatable bonds is 6. The number of benzene rings is 1. The number of hydrogen-bond acceptors (Lipinski definition) is 4. The minimum absolute atomic E-state index is 0.202. The van der Waals surface area contributed by atoms with Gasteiger partial charge in [-0.2, -0.15) is 0 Å². The summed E-state index contributed by atoms with van der Waals surface area (Å²) < 4.78 is 10.6. The molecule has 1 atom stereocenters. The molecule has 1 aliphatic rings. The van der Waals surface area contributed by atoms with Crippen molar-refractivity contribution in [2.45, 2.75) is 25.4 Å². The molecular weight excluding hydrogens is 258 g/mol. The standard InChI is InChI=1S/C15H21NO4/c1-2-8-20-13-5-3-12(4-6-13)14(17)16-10-15(18)7-9-19-11-15/h3-6,18H,2,7-11H2,1H3,(H,16,17). The fraction of sp³-hybridized carbons (Fsp3) is 0.533. The normalized spacial score (nSPS) is 21.7. The van der Waals surface area contributed by atoms with Gasteiger partial charge in [0.2, 0.25) is 0 Å². The molecule has 0 aliphatic carbocycles. The van der Waals surface area contributed by atoms with Crippen LogP contribution in [-0.2, 0) is 4.74 Å². The van der Waals surface area contributed by atoms with E-state index in [1.165, 1.54) is 0 Å². The van der Waals surface area contributed by atoms with E-state index in [2.05, 4.69) is 5.32 Å². The summed E-state index contributed by atoms with van der Waals surface area (Å²) in [6, 6.07) is 6.99. The van der Waals surface area contributed by atoms with E-state index in [4.69, 9.17) is 9.47 Å². The summed E-state index contributed by atoms with van der Waals surface area (Å²) in [6.45, 7) is 3.73. The van der Waals surface area contributed by atoms with Crippen molar-refractivity contribution >= 4 is 5.91 Å². The third-order valence-electron chi connectivity index (χ3n) is 3.25. The predicted molar refractivity (Wildman–Crippen MR) is 74.9 cm³/mol. The number of ether oxygens (including phenoxy) is 2. The Morgan fingerprint density at radius 2 is 2.20 bits per heavy atom. The van der Waals surface area contributed by atoms with Gasteiger partial charge in [-0.3, -0.25) is 4.79 Å². The molecule has 110 valence electrons. The van der Waals surface area contributed by atoms with Crippen LogP contribution in [0.1, 0.15) is 30.1 Å². The van der Waals surface area contributed by atoms with Crippen LogP contribution in [0.2, 0.25) is 0 Å². The fourth-order valence-corrected chi connectivity index (χ4v) is 2.01. The molecule has 0 radical (unpaired) electrons. The van der Waals surface area contributed by atoms with Gasteiger partial charge < -0.3 is 19.9 Å². The van der Waals surface area contributed by atoms with Crippen molar-refractivity contribution in [3.63, 3.8) is 0 Å². The van der Waals surface area contributed by atoms with E-state index in [0.29, 0.717) is 25.2 Å². The quantitative estimate of drug-likeness (QED) is 0.825. The van der Waals surface area contributed by atoms with Gasteiger partial charge in [-0.25, -0.2) is 0 Å². The van der Waals surface area contributed by atoms with Crippen LogP contribution in [0.5, 0.6) is 5.75 Å². The number of carbonyl (C=O) groups is 1. The van der Waals surface area contributed by atoms with Gasteiger partial charge in [0.05, 0.1) is 13.2 Å². The van der Waals surface area contributed by atoms with Crippen LogP contribution in [0.3, 0.4) is 0 Å². The van der Waals surface area contributed by atoms with E-state index < -0.39 is 5.60 Å². The molecule has 1 fully saturated rings. The summed E-state index contributed by atoms with van der Waals surface area (Å²) in [5.74, 6) is 0.554. The van der Waals surface area contributed by atoms with Gasteiger partial charge in [-0.05, 0) is 30.7 Å². The second-order valence-corrected chi connectivity index (χ2v) is 5.08. The van der Waals surface area contributed by atoms with Crippen molar-refractivity contribution in [3.8, 4) is 5.75 Å². The summed E-state index contributed by atoms with van der Waals surface area (Å²) in [4.78, 5) is 12.0. The molecule has 2 N–H and O–H groups in total. The zero-order valence-electron chi connectivity index (χ0n) is 11.7. The Hall–Kier alpha value is -1.59. The van der Waals surface area contributed by atoms with Crippen LogP contribution in [0.15, 0.2) is 24.3 Å². The van der Waals surface area contributed by atoms with E-state index in [1.54, 1.807) is 24.3 Å². The van der Waals surface area contributed by atoms with Gasteiger partial charge >= 0.3 is 0 Å². The van der Waals surface area contributed by atoms with E-state index in [0.717, 1.165) is 12.2 Å². The first-order chi connectivity index (χ1) is 9.63. The van der Waals surface area contributed by atoms with Crippen molar-refractivity contribution in [1.29, 1.82) is 0 Å². The lowest BCUT2D eigenvalue weighted by atomic mass is 10.0. The Morgan fingerprint density at radius 1 is 1.45 bits per heavy atom. The first-order valence-corrected chi connectivity index (χ1v) is 6.94. The second-order valence-electron chi connectivity index (χ2n) is 5.08. The van der Waals surface area contributed by atoms with E-state index >= 15 is 0 Å². The average molecular weight is 279 g/mol. The number of aliphatic hydroxyl groups is 1. The summed E-state index contributed by atoms with van der Waals surface area (Å²) >= 11 is 0. The maximum Gasteiger partial charge on any atom is 0.251 e. The van der Waals surface area contributed by atoms with Gasteiger partial charge in [0.15, 0.2) is 0 Å². The Kier molecular flexibility index (Phi) is 4.98. The maximum atomic E-state index is 12.0. The third kappa shape index (κ3) is 3.95. The molecule has 0 spiro atoms. The predicted octanol–water partition coefficient (Wildman–Crippen LogP) is 1.36. The Bertz CT molecular complexity index is 438. The molecule has 1 aromatic carbocycles. The van der Waals surface area contributed by atoms with Crippen molar-refractivity contribution < 1.29 is 19.4 Å². The highest BCUT2D eigenvalue weighted by atomic mass is 16.5. The largest absolute Gasteiger partial charge is 0.494 e. The van der Waals surface area contributed by atoms with Crippen LogP contribution in [0.4, 0.5) is 0 Å². The average Bonchev–Trinajstić information content (AvgIpc) is 2.90. The highest BCUT2D eigenvalue weighted by molar-refractivity contribution is 5.94. The molecule has 0 aromatic heterocycles. The van der Waals surface area contributed by atoms with Crippen LogP contribution < -0.4 is 10.1 Å². The summed E-state index contributed by atoms with van der Waals surface area (Å²) in [5, 5.41) is 12.8. The van der Waals surface area contributed by atoms with E-state index in [-0.39, 0.29) is 19.1 Å². The van der Waals surface area contributed by atoms with Crippen molar-refractivity contribution in [2.75, 3.05) is 26.4 Å². The third-order valence-corrected chi connectivity index (χ3v) is 3.25. The number of hydrogen-bond donors (Lipinski definition) is 2. The molecule has 5 nitrogen and oxygen atoms in total. The topological polar surface area (TPSA) is 67.8 Å². The van der Waals surface area contributed by atoms with Gasteiger partial charge in [0.25, 0.3) is 5.91 Å². The molecule has 5 heteroatoms. The lowest BCUT2D eigenvalue weighted by Crippen LogP contribution is -2.43. The Balaban J connectivity index is 1.85. The van der Waals surface area contributed by atoms with Crippen LogP contribution in [0.25, 0.3) is 0 Å². The molecule has 0 bridgehead atoms. The molecular formula is C15H21NO4. The highest BCUT2D eigenvalue weighted by Gasteiger charge is 2.32. The van der Waals surface area contributed by atoms with E-state index in [9.17, 15) is 9.90 Å². The monoisotopic (exact) mass is 279 g/mol. The molecule has 1 aliphatic heterocycles. The van der Waals surface area contributed by atoms with Crippen LogP contribution >= 0.6 is 0 Å². The zero-order valence-corrected chi connectivity index (χ0v) is 11.7. The molecule has 1 saturated heterocycles. The van der Waals surface area contributed by atoms with Crippen LogP contribution in [-0.4, -0.2) is 43.0 Å². The lowest BCUT2D eigenvalue weighted by molar-refractivity contribution is 0.0264. The Labute approximate surface area is 118 Å². The number of amides is 1. The van der Waals surface area contributed by atoms with Crippen molar-refractivity contribution in [3.05, 3.63) is 29.8 Å². The molecule has 1 heterocycles. The second kappa shape index (κ2) is 6.72. The van der Waals surface area contributed by atoms with E-state index in [1.807, 2.05) is 6.92 Å². The first kappa shape index (κ1) is 14.8. The maximum absolute atomic E-state index is 12.0. The fourth-order valence-electron chi connectivity index (χ4n) is 2.01. The molecule has 1 amide bonds. The summed E-state index contributed by atoms with van der Waals surface area (Å²) in [5.41, 5.74) is -0.379. The summed E-state index contributed by atoms with van der Waals surface area (Å²) in [6.07, 6.45) is 1.50. The number of nitrogens with one attached hydrogen (secondary N) is 1. The minimum Gasteiger partial charge on any atom is -0.494 e. The first-order valence-electron chi connectivity index (χ1n) is 6.94. The highest BCUT2D eigenvalue weighted by Crippen LogP contribution is 2.17. The van der Waals surface area contributed by atoms with Crippen molar-refractivity contribution in [2.24, 2.45) is 0 Å². The minimum atomic E-state index is -0.931. The Morgan fingerprint density at radius 3 is 2.80 bits per heavy atom. The molecule has 2 rings (SSSR count). The smallest absolute Gasteiger partial charge is 0.251 e. The van der Waals surface area contributed by atoms with Crippen LogP contribution in [0, 0.1) is 0 Å². The van der Waals surface area contributed by atoms with Gasteiger partial charge in [0, 0.05) is 25.1 Å². The molecule has 1 aromatic rings. The van der Waals surface area contributed by atoms with Gasteiger partial charge in [-0.15, -0.1) is 0 Å². The van der Waals surface area contributed by atoms with Gasteiger partial charge in [0.1, 0.15) is 11.4 Å². The SMILES string of the molecule is CCCOc1ccc(C(=O)NCC2(O)CCOC2)cc1.